The summed E-state index contributed by atoms with van der Waals surface area (Å²) < 4.78 is 6.78. The summed E-state index contributed by atoms with van der Waals surface area (Å²) in [6.07, 6.45) is 1.12. The van der Waals surface area contributed by atoms with Crippen molar-refractivity contribution >= 4 is 15.9 Å². The van der Waals surface area contributed by atoms with Crippen LogP contribution >= 0.6 is 15.9 Å². The fourth-order valence-electron chi connectivity index (χ4n) is 2.53. The number of likely N-dealkylation sites (tertiary alicyclic amines) is 1. The van der Waals surface area contributed by atoms with Crippen LogP contribution < -0.4 is 5.73 Å². The fourth-order valence-corrected chi connectivity index (χ4v) is 2.80. The summed E-state index contributed by atoms with van der Waals surface area (Å²) in [6.45, 7) is 4.80. The molecule has 3 rings (SSSR count). The summed E-state index contributed by atoms with van der Waals surface area (Å²) in [5, 5.41) is 8.27. The van der Waals surface area contributed by atoms with Gasteiger partial charge in [-0.05, 0) is 43.1 Å². The molecule has 2 N–H and O–H groups in total. The molecule has 21 heavy (non-hydrogen) atoms. The lowest BCUT2D eigenvalue weighted by atomic mass is 9.94. The Morgan fingerprint density at radius 3 is 2.81 bits per heavy atom. The maximum absolute atomic E-state index is 6.12. The van der Waals surface area contributed by atoms with Crippen molar-refractivity contribution in [3.63, 3.8) is 0 Å². The summed E-state index contributed by atoms with van der Waals surface area (Å²) in [5.41, 5.74) is 7.05. The minimum Gasteiger partial charge on any atom is -0.419 e. The normalized spacial score (nSPS) is 23.4. The van der Waals surface area contributed by atoms with Crippen molar-refractivity contribution < 1.29 is 4.42 Å². The molecule has 0 bridgehead atoms. The lowest BCUT2D eigenvalue weighted by Crippen LogP contribution is -2.47. The van der Waals surface area contributed by atoms with Crippen LogP contribution in [0.5, 0.6) is 0 Å². The molecule has 2 heterocycles. The first kappa shape index (κ1) is 14.7. The molecule has 0 radical (unpaired) electrons. The molecule has 0 saturated carbocycles. The minimum absolute atomic E-state index is 0.229. The van der Waals surface area contributed by atoms with Crippen LogP contribution in [0.25, 0.3) is 11.5 Å². The molecule has 1 aromatic heterocycles. The van der Waals surface area contributed by atoms with Crippen LogP contribution in [0.1, 0.15) is 19.2 Å². The summed E-state index contributed by atoms with van der Waals surface area (Å²) in [6, 6.07) is 8.07. The average Bonchev–Trinajstić information content (AvgIpc) is 2.92. The van der Waals surface area contributed by atoms with Crippen LogP contribution in [0.2, 0.25) is 0 Å². The van der Waals surface area contributed by atoms with E-state index in [4.69, 9.17) is 10.2 Å². The first-order chi connectivity index (χ1) is 10.1. The number of aromatic nitrogens is 2. The minimum atomic E-state index is 0.229. The molecule has 1 fully saturated rings. The van der Waals surface area contributed by atoms with E-state index in [-0.39, 0.29) is 6.04 Å². The highest BCUT2D eigenvalue weighted by molar-refractivity contribution is 9.10. The van der Waals surface area contributed by atoms with E-state index in [9.17, 15) is 0 Å². The summed E-state index contributed by atoms with van der Waals surface area (Å²) in [7, 11) is 0. The van der Waals surface area contributed by atoms with Gasteiger partial charge in [-0.3, -0.25) is 4.90 Å². The molecule has 1 saturated heterocycles. The summed E-state index contributed by atoms with van der Waals surface area (Å²) in [5.74, 6) is 1.80. The Labute approximate surface area is 132 Å². The highest BCUT2D eigenvalue weighted by atomic mass is 79.9. The second-order valence-corrected chi connectivity index (χ2v) is 6.59. The topological polar surface area (TPSA) is 68.2 Å². The Morgan fingerprint density at radius 1 is 1.33 bits per heavy atom. The van der Waals surface area contributed by atoms with Crippen molar-refractivity contribution in [3.05, 3.63) is 34.6 Å². The molecular weight excluding hydrogens is 332 g/mol. The largest absolute Gasteiger partial charge is 0.419 e. The number of hydrogen-bond acceptors (Lipinski definition) is 5. The molecule has 0 spiro atoms. The molecule has 6 heteroatoms. The Kier molecular flexibility index (Phi) is 4.37. The van der Waals surface area contributed by atoms with E-state index in [2.05, 4.69) is 38.0 Å². The zero-order valence-corrected chi connectivity index (χ0v) is 13.6. The lowest BCUT2D eigenvalue weighted by Gasteiger charge is -2.34. The lowest BCUT2D eigenvalue weighted by molar-refractivity contribution is 0.150. The van der Waals surface area contributed by atoms with E-state index in [0.717, 1.165) is 29.5 Å². The standard InChI is InChI=1S/C15H19BrN4O/c1-10-6-7-20(8-13(10)17)9-14-18-19-15(21-14)11-2-4-12(16)5-3-11/h2-5,10,13H,6-9,17H2,1H3. The van der Waals surface area contributed by atoms with Crippen molar-refractivity contribution in [2.45, 2.75) is 25.9 Å². The van der Waals surface area contributed by atoms with E-state index >= 15 is 0 Å². The maximum Gasteiger partial charge on any atom is 0.247 e. The number of rotatable bonds is 3. The van der Waals surface area contributed by atoms with Gasteiger partial charge < -0.3 is 10.2 Å². The quantitative estimate of drug-likeness (QED) is 0.921. The van der Waals surface area contributed by atoms with E-state index in [1.807, 2.05) is 24.3 Å². The third-order valence-corrected chi connectivity index (χ3v) is 4.55. The molecule has 1 aliphatic heterocycles. The number of nitrogens with two attached hydrogens (primary N) is 1. The third-order valence-electron chi connectivity index (χ3n) is 4.02. The maximum atomic E-state index is 6.12. The molecular formula is C15H19BrN4O. The van der Waals surface area contributed by atoms with Gasteiger partial charge in [0.25, 0.3) is 0 Å². The van der Waals surface area contributed by atoms with Crippen molar-refractivity contribution in [1.82, 2.24) is 15.1 Å². The van der Waals surface area contributed by atoms with Gasteiger partial charge in [-0.15, -0.1) is 10.2 Å². The Balaban J connectivity index is 1.66. The van der Waals surface area contributed by atoms with Gasteiger partial charge in [0.2, 0.25) is 11.8 Å². The van der Waals surface area contributed by atoms with E-state index in [0.29, 0.717) is 24.2 Å². The van der Waals surface area contributed by atoms with E-state index in [1.54, 1.807) is 0 Å². The average molecular weight is 351 g/mol. The number of benzene rings is 1. The molecule has 2 atom stereocenters. The first-order valence-electron chi connectivity index (χ1n) is 7.18. The van der Waals surface area contributed by atoms with Gasteiger partial charge in [0, 0.05) is 22.6 Å². The van der Waals surface area contributed by atoms with Crippen LogP contribution in [-0.2, 0) is 6.54 Å². The monoisotopic (exact) mass is 350 g/mol. The van der Waals surface area contributed by atoms with Gasteiger partial charge in [0.15, 0.2) is 0 Å². The molecule has 1 aliphatic rings. The summed E-state index contributed by atoms with van der Waals surface area (Å²) in [4.78, 5) is 2.28. The Bertz CT molecular complexity index is 598. The zero-order chi connectivity index (χ0) is 14.8. The molecule has 2 unspecified atom stereocenters. The van der Waals surface area contributed by atoms with Crippen molar-refractivity contribution in [2.24, 2.45) is 11.7 Å². The number of nitrogens with zero attached hydrogens (tertiary/aromatic N) is 3. The number of halogens is 1. The fraction of sp³-hybridized carbons (Fsp3) is 0.467. The molecule has 2 aromatic rings. The predicted octanol–water partition coefficient (Wildman–Crippen LogP) is 2.67. The second-order valence-electron chi connectivity index (χ2n) is 5.67. The van der Waals surface area contributed by atoms with Gasteiger partial charge in [-0.2, -0.15) is 0 Å². The molecule has 112 valence electrons. The zero-order valence-electron chi connectivity index (χ0n) is 12.0. The van der Waals surface area contributed by atoms with E-state index in [1.165, 1.54) is 0 Å². The van der Waals surface area contributed by atoms with Gasteiger partial charge in [0.05, 0.1) is 6.54 Å². The smallest absolute Gasteiger partial charge is 0.247 e. The van der Waals surface area contributed by atoms with Gasteiger partial charge in [-0.25, -0.2) is 0 Å². The van der Waals surface area contributed by atoms with Gasteiger partial charge in [0.1, 0.15) is 0 Å². The van der Waals surface area contributed by atoms with Gasteiger partial charge >= 0.3 is 0 Å². The molecule has 1 aromatic carbocycles. The second kappa shape index (κ2) is 6.25. The van der Waals surface area contributed by atoms with Gasteiger partial charge in [-0.1, -0.05) is 22.9 Å². The Hall–Kier alpha value is -1.24. The van der Waals surface area contributed by atoms with Crippen LogP contribution in [0.15, 0.2) is 33.2 Å². The third kappa shape index (κ3) is 3.51. The SMILES string of the molecule is CC1CCN(Cc2nnc(-c3ccc(Br)cc3)o2)CC1N. The number of piperidine rings is 1. The van der Waals surface area contributed by atoms with Crippen LogP contribution in [-0.4, -0.2) is 34.2 Å². The Morgan fingerprint density at radius 2 is 2.10 bits per heavy atom. The van der Waals surface area contributed by atoms with Crippen molar-refractivity contribution in [2.75, 3.05) is 13.1 Å². The molecule has 5 nitrogen and oxygen atoms in total. The predicted molar refractivity (Wildman–Crippen MR) is 84.5 cm³/mol. The van der Waals surface area contributed by atoms with Crippen molar-refractivity contribution in [1.29, 1.82) is 0 Å². The molecule has 0 amide bonds. The summed E-state index contributed by atoms with van der Waals surface area (Å²) >= 11 is 3.41. The number of hydrogen-bond donors (Lipinski definition) is 1. The van der Waals surface area contributed by atoms with Crippen LogP contribution in [0.3, 0.4) is 0 Å². The van der Waals surface area contributed by atoms with Crippen molar-refractivity contribution in [3.8, 4) is 11.5 Å². The highest BCUT2D eigenvalue weighted by Gasteiger charge is 2.24. The highest BCUT2D eigenvalue weighted by Crippen LogP contribution is 2.22. The van der Waals surface area contributed by atoms with Crippen LogP contribution in [0, 0.1) is 5.92 Å². The first-order valence-corrected chi connectivity index (χ1v) is 7.97. The van der Waals surface area contributed by atoms with E-state index < -0.39 is 0 Å². The van der Waals surface area contributed by atoms with Crippen LogP contribution in [0.4, 0.5) is 0 Å². The molecule has 0 aliphatic carbocycles.